The van der Waals surface area contributed by atoms with Crippen molar-refractivity contribution in [3.8, 4) is 0 Å². The van der Waals surface area contributed by atoms with Crippen molar-refractivity contribution in [2.75, 3.05) is 5.32 Å². The smallest absolute Gasteiger partial charge is 0.337 e. The molecule has 2 rings (SSSR count). The summed E-state index contributed by atoms with van der Waals surface area (Å²) < 4.78 is 3.77. The Morgan fingerprint density at radius 1 is 1.43 bits per heavy atom. The highest BCUT2D eigenvalue weighted by atomic mass is 35.5. The Bertz CT molecular complexity index is 687. The number of amides is 1. The monoisotopic (exact) mass is 325 g/mol. The van der Waals surface area contributed by atoms with Gasteiger partial charge in [0.1, 0.15) is 4.88 Å². The van der Waals surface area contributed by atoms with Crippen LogP contribution in [0.4, 0.5) is 5.69 Å². The summed E-state index contributed by atoms with van der Waals surface area (Å²) in [5.74, 6) is -1.58. The van der Waals surface area contributed by atoms with Crippen LogP contribution in [-0.2, 0) is 6.42 Å². The number of hydrogen-bond acceptors (Lipinski definition) is 5. The number of carboxylic acid groups (broad SMARTS) is 1. The summed E-state index contributed by atoms with van der Waals surface area (Å²) in [5, 5.41) is 15.9. The van der Waals surface area contributed by atoms with Crippen LogP contribution in [0.15, 0.2) is 18.2 Å². The van der Waals surface area contributed by atoms with Crippen molar-refractivity contribution >= 4 is 40.7 Å². The van der Waals surface area contributed by atoms with E-state index in [9.17, 15) is 9.59 Å². The van der Waals surface area contributed by atoms with Crippen molar-refractivity contribution < 1.29 is 14.7 Å². The Kier molecular flexibility index (Phi) is 4.87. The highest BCUT2D eigenvalue weighted by molar-refractivity contribution is 7.08. The lowest BCUT2D eigenvalue weighted by Gasteiger charge is -2.08. The zero-order valence-corrected chi connectivity index (χ0v) is 12.7. The van der Waals surface area contributed by atoms with Gasteiger partial charge in [0.05, 0.1) is 16.9 Å². The number of rotatable bonds is 5. The first kappa shape index (κ1) is 15.4. The number of hydrogen-bond donors (Lipinski definition) is 2. The van der Waals surface area contributed by atoms with E-state index < -0.39 is 11.9 Å². The molecule has 1 amide bonds. The van der Waals surface area contributed by atoms with Crippen LogP contribution in [0.1, 0.15) is 39.1 Å². The van der Waals surface area contributed by atoms with E-state index in [2.05, 4.69) is 14.9 Å². The number of aromatic carboxylic acids is 1. The van der Waals surface area contributed by atoms with Crippen LogP contribution in [-0.4, -0.2) is 26.6 Å². The minimum absolute atomic E-state index is 0.0645. The van der Waals surface area contributed by atoms with Gasteiger partial charge in [-0.1, -0.05) is 29.4 Å². The van der Waals surface area contributed by atoms with Gasteiger partial charge in [-0.05, 0) is 36.2 Å². The van der Waals surface area contributed by atoms with Crippen molar-refractivity contribution in [2.45, 2.75) is 19.8 Å². The molecule has 1 heterocycles. The number of nitrogens with one attached hydrogen (secondary N) is 1. The van der Waals surface area contributed by atoms with E-state index >= 15 is 0 Å². The summed E-state index contributed by atoms with van der Waals surface area (Å²) in [5.41, 5.74) is 0.740. The molecule has 0 unspecified atom stereocenters. The summed E-state index contributed by atoms with van der Waals surface area (Å²) >= 11 is 6.76. The van der Waals surface area contributed by atoms with Crippen molar-refractivity contribution in [3.05, 3.63) is 39.4 Å². The molecule has 0 aliphatic carbocycles. The Morgan fingerprint density at radius 3 is 2.86 bits per heavy atom. The lowest BCUT2D eigenvalue weighted by molar-refractivity contribution is 0.0698. The molecule has 0 aliphatic rings. The molecule has 0 atom stereocenters. The maximum Gasteiger partial charge on any atom is 0.337 e. The van der Waals surface area contributed by atoms with E-state index in [0.717, 1.165) is 18.0 Å². The average Bonchev–Trinajstić information content (AvgIpc) is 2.89. The van der Waals surface area contributed by atoms with E-state index in [1.54, 1.807) is 0 Å². The van der Waals surface area contributed by atoms with Gasteiger partial charge in [0.15, 0.2) is 0 Å². The van der Waals surface area contributed by atoms with Gasteiger partial charge in [-0.3, -0.25) is 4.79 Å². The molecule has 110 valence electrons. The summed E-state index contributed by atoms with van der Waals surface area (Å²) in [6, 6.07) is 4.26. The molecule has 1 aromatic carbocycles. The molecule has 0 saturated carbocycles. The summed E-state index contributed by atoms with van der Waals surface area (Å²) in [7, 11) is 0. The number of aromatic nitrogens is 2. The molecule has 21 heavy (non-hydrogen) atoms. The first-order chi connectivity index (χ1) is 10.0. The zero-order chi connectivity index (χ0) is 15.4. The van der Waals surface area contributed by atoms with Crippen LogP contribution in [0, 0.1) is 0 Å². The predicted octanol–water partition coefficient (Wildman–Crippen LogP) is 3.09. The van der Waals surface area contributed by atoms with Gasteiger partial charge in [-0.15, -0.1) is 5.10 Å². The minimum Gasteiger partial charge on any atom is -0.478 e. The quantitative estimate of drug-likeness (QED) is 0.881. The van der Waals surface area contributed by atoms with E-state index in [1.165, 1.54) is 18.2 Å². The second kappa shape index (κ2) is 6.64. The summed E-state index contributed by atoms with van der Waals surface area (Å²) in [4.78, 5) is 23.8. The molecular formula is C13H12ClN3O3S. The molecule has 0 spiro atoms. The molecule has 0 saturated heterocycles. The fourth-order valence-corrected chi connectivity index (χ4v) is 2.54. The highest BCUT2D eigenvalue weighted by Gasteiger charge is 2.18. The van der Waals surface area contributed by atoms with Gasteiger partial charge in [0.2, 0.25) is 0 Å². The SMILES string of the molecule is CCCc1nnsc1C(=O)Nc1ccc(Cl)cc1C(=O)O. The van der Waals surface area contributed by atoms with E-state index in [4.69, 9.17) is 16.7 Å². The first-order valence-electron chi connectivity index (χ1n) is 6.18. The van der Waals surface area contributed by atoms with Gasteiger partial charge in [-0.2, -0.15) is 0 Å². The number of anilines is 1. The van der Waals surface area contributed by atoms with Crippen molar-refractivity contribution in [1.82, 2.24) is 9.59 Å². The Hall–Kier alpha value is -1.99. The van der Waals surface area contributed by atoms with Gasteiger partial charge >= 0.3 is 5.97 Å². The number of halogens is 1. The number of benzene rings is 1. The fraction of sp³-hybridized carbons (Fsp3) is 0.231. The van der Waals surface area contributed by atoms with E-state index in [0.29, 0.717) is 17.0 Å². The van der Waals surface area contributed by atoms with Crippen LogP contribution in [0.5, 0.6) is 0 Å². The average molecular weight is 326 g/mol. The van der Waals surface area contributed by atoms with Crippen molar-refractivity contribution in [3.63, 3.8) is 0 Å². The topological polar surface area (TPSA) is 92.2 Å². The Balaban J connectivity index is 2.27. The lowest BCUT2D eigenvalue weighted by atomic mass is 10.1. The summed E-state index contributed by atoms with van der Waals surface area (Å²) in [6.07, 6.45) is 1.48. The van der Waals surface area contributed by atoms with Crippen LogP contribution < -0.4 is 5.32 Å². The Labute approximate surface area is 129 Å². The maximum absolute atomic E-state index is 12.2. The van der Waals surface area contributed by atoms with Gasteiger partial charge in [0.25, 0.3) is 5.91 Å². The zero-order valence-electron chi connectivity index (χ0n) is 11.1. The molecule has 0 aliphatic heterocycles. The molecule has 0 radical (unpaired) electrons. The second-order valence-electron chi connectivity index (χ2n) is 4.25. The molecule has 6 nitrogen and oxygen atoms in total. The molecule has 0 fully saturated rings. The Morgan fingerprint density at radius 2 is 2.19 bits per heavy atom. The number of nitrogens with zero attached hydrogens (tertiary/aromatic N) is 2. The van der Waals surface area contributed by atoms with Gasteiger partial charge in [-0.25, -0.2) is 4.79 Å². The number of aryl methyl sites for hydroxylation is 1. The van der Waals surface area contributed by atoms with Gasteiger partial charge in [0, 0.05) is 5.02 Å². The number of carbonyl (C=O) groups excluding carboxylic acids is 1. The van der Waals surface area contributed by atoms with E-state index in [1.807, 2.05) is 6.92 Å². The third-order valence-electron chi connectivity index (χ3n) is 2.71. The van der Waals surface area contributed by atoms with Gasteiger partial charge < -0.3 is 10.4 Å². The lowest BCUT2D eigenvalue weighted by Crippen LogP contribution is -2.15. The number of carbonyl (C=O) groups is 2. The maximum atomic E-state index is 12.2. The minimum atomic E-state index is -1.16. The van der Waals surface area contributed by atoms with Crippen molar-refractivity contribution in [2.24, 2.45) is 0 Å². The molecular weight excluding hydrogens is 314 g/mol. The van der Waals surface area contributed by atoms with Crippen LogP contribution in [0.25, 0.3) is 0 Å². The van der Waals surface area contributed by atoms with Crippen molar-refractivity contribution in [1.29, 1.82) is 0 Å². The highest BCUT2D eigenvalue weighted by Crippen LogP contribution is 2.22. The largest absolute Gasteiger partial charge is 0.478 e. The van der Waals surface area contributed by atoms with Crippen LogP contribution >= 0.6 is 23.1 Å². The molecule has 8 heteroatoms. The standard InChI is InChI=1S/C13H12ClN3O3S/c1-2-3-10-11(21-17-16-10)12(18)15-9-5-4-7(14)6-8(9)13(19)20/h4-6H,2-3H2,1H3,(H,15,18)(H,19,20). The second-order valence-corrected chi connectivity index (χ2v) is 5.44. The third-order valence-corrected chi connectivity index (χ3v) is 3.71. The molecule has 2 N–H and O–H groups in total. The first-order valence-corrected chi connectivity index (χ1v) is 7.33. The normalized spacial score (nSPS) is 10.4. The van der Waals surface area contributed by atoms with Crippen LogP contribution in [0.2, 0.25) is 5.02 Å². The fourth-order valence-electron chi connectivity index (χ4n) is 1.76. The summed E-state index contributed by atoms with van der Waals surface area (Å²) in [6.45, 7) is 1.97. The predicted molar refractivity (Wildman–Crippen MR) is 80.3 cm³/mol. The molecule has 2 aromatic rings. The van der Waals surface area contributed by atoms with E-state index in [-0.39, 0.29) is 16.3 Å². The number of carboxylic acids is 1. The molecule has 1 aromatic heterocycles. The third kappa shape index (κ3) is 3.56. The van der Waals surface area contributed by atoms with Crippen LogP contribution in [0.3, 0.4) is 0 Å². The molecule has 0 bridgehead atoms.